The lowest BCUT2D eigenvalue weighted by Gasteiger charge is -2.61. The number of benzene rings is 7. The molecule has 0 radical (unpaired) electrons. The van der Waals surface area contributed by atoms with Gasteiger partial charge in [-0.1, -0.05) is 152 Å². The SMILES string of the molecule is C.CC.Clc1ccc(-c2ccc3c(c2)C2(c4cc(-c5ccc(Cl)cc5)ccc4-3)C3CC4CC(C3)CC2C4)cc1.Clc1ccc2c(c1)C1(c3cc(Cl)ccc3-2)C2CC3CC(C2)CC1C3.OB(O)c1ccc(Cl)cc1. The lowest BCUT2D eigenvalue weighted by molar-refractivity contribution is -0.0399. The van der Waals surface area contributed by atoms with Crippen LogP contribution in [-0.2, 0) is 10.8 Å². The molecule has 8 bridgehead atoms. The molecule has 0 unspecified atom stereocenters. The van der Waals surface area contributed by atoms with Gasteiger partial charge in [0.15, 0.2) is 0 Å². The second-order valence-electron chi connectivity index (χ2n) is 22.2. The van der Waals surface area contributed by atoms with Crippen LogP contribution in [0.3, 0.4) is 0 Å². The Morgan fingerprint density at radius 3 is 0.918 bits per heavy atom. The van der Waals surface area contributed by atoms with E-state index in [1.807, 2.05) is 50.2 Å². The fourth-order valence-corrected chi connectivity index (χ4v) is 17.3. The summed E-state index contributed by atoms with van der Waals surface area (Å²) in [5, 5.41) is 21.2. The summed E-state index contributed by atoms with van der Waals surface area (Å²) in [5.74, 6) is 6.82. The summed E-state index contributed by atoms with van der Waals surface area (Å²) in [4.78, 5) is 0. The van der Waals surface area contributed by atoms with Gasteiger partial charge in [-0.2, -0.15) is 0 Å². The molecule has 73 heavy (non-hydrogen) atoms. The van der Waals surface area contributed by atoms with E-state index in [9.17, 15) is 0 Å². The van der Waals surface area contributed by atoms with Crippen molar-refractivity contribution in [1.29, 1.82) is 0 Å². The predicted octanol–water partition coefficient (Wildman–Crippen LogP) is 18.4. The van der Waals surface area contributed by atoms with E-state index in [-0.39, 0.29) is 18.3 Å². The molecule has 0 atom stereocenters. The standard InChI is InChI=1S/C34H28Cl2.C22H20Cl2.C6H6BClO2.C2H6.CH4/c35-28-7-1-22(2-8-28)24-5-11-30-31-12-6-25(23-3-9-29(36)10-4-23)19-33(31)34(32(30)18-24)26-14-20-13-21(16-26)17-27(34)15-20;23-16-1-3-18-19-4-2-17(24)11-21(19)22(20(18)10-16)14-6-12-5-13(8-14)9-15(22)7-12;8-6-3-1-5(2-4-6)7(9)10;1-2;/h1-12,18-21,26-27H,13-17H2;1-4,10-15H,5-9H2;1-4,9-10H;1-2H3;1H4. The molecule has 8 saturated carbocycles. The minimum Gasteiger partial charge on any atom is -0.423 e. The lowest BCUT2D eigenvalue weighted by atomic mass is 9.43. The molecule has 10 aliphatic rings. The van der Waals surface area contributed by atoms with E-state index in [2.05, 4.69) is 84.9 Å². The molecule has 0 amide bonds. The van der Waals surface area contributed by atoms with E-state index in [0.717, 1.165) is 67.4 Å². The highest BCUT2D eigenvalue weighted by Crippen LogP contribution is 2.71. The molecule has 0 aliphatic heterocycles. The lowest BCUT2D eigenvalue weighted by Crippen LogP contribution is -2.55. The van der Waals surface area contributed by atoms with E-state index in [1.54, 1.807) is 35.4 Å². The van der Waals surface area contributed by atoms with Crippen molar-refractivity contribution in [2.45, 2.75) is 96.3 Å². The van der Waals surface area contributed by atoms with Crippen LogP contribution in [0.25, 0.3) is 44.5 Å². The quantitative estimate of drug-likeness (QED) is 0.173. The third kappa shape index (κ3) is 8.55. The first-order valence-electron chi connectivity index (χ1n) is 26.5. The number of fused-ring (bicyclic) bond motifs is 6. The first-order chi connectivity index (χ1) is 34.9. The van der Waals surface area contributed by atoms with Crippen molar-refractivity contribution in [2.24, 2.45) is 47.3 Å². The van der Waals surface area contributed by atoms with Crippen molar-refractivity contribution in [2.75, 3.05) is 0 Å². The van der Waals surface area contributed by atoms with Crippen molar-refractivity contribution in [3.63, 3.8) is 0 Å². The Labute approximate surface area is 458 Å². The van der Waals surface area contributed by atoms with E-state index < -0.39 is 7.12 Å². The van der Waals surface area contributed by atoms with Crippen molar-refractivity contribution in [3.8, 4) is 44.5 Å². The Bertz CT molecular complexity index is 2960. The van der Waals surface area contributed by atoms with Crippen LogP contribution >= 0.6 is 58.0 Å². The Morgan fingerprint density at radius 1 is 0.342 bits per heavy atom. The zero-order chi connectivity index (χ0) is 49.6. The van der Waals surface area contributed by atoms with Crippen molar-refractivity contribution >= 4 is 70.6 Å². The van der Waals surface area contributed by atoms with Crippen LogP contribution in [0.4, 0.5) is 0 Å². The topological polar surface area (TPSA) is 40.5 Å². The molecule has 2 nitrogen and oxygen atoms in total. The summed E-state index contributed by atoms with van der Waals surface area (Å²) in [6, 6.07) is 50.7. The normalized spacial score (nSPS) is 25.4. The summed E-state index contributed by atoms with van der Waals surface area (Å²) in [6.07, 6.45) is 14.1. The average molecular weight is 1070 g/mol. The zero-order valence-corrected chi connectivity index (χ0v) is 44.7. The van der Waals surface area contributed by atoms with Crippen LogP contribution in [0.15, 0.2) is 146 Å². The first-order valence-corrected chi connectivity index (χ1v) is 28.4. The highest BCUT2D eigenvalue weighted by Gasteiger charge is 2.63. The van der Waals surface area contributed by atoms with Crippen LogP contribution in [-0.4, -0.2) is 17.2 Å². The maximum absolute atomic E-state index is 8.63. The van der Waals surface area contributed by atoms with E-state index in [4.69, 9.17) is 68.1 Å². The Balaban J connectivity index is 0.000000133. The van der Waals surface area contributed by atoms with Crippen LogP contribution in [0.1, 0.15) is 108 Å². The molecule has 0 saturated heterocycles. The molecular weight excluding hydrogens is 1000 g/mol. The summed E-state index contributed by atoms with van der Waals surface area (Å²) >= 11 is 30.9. The van der Waals surface area contributed by atoms with Crippen LogP contribution in [0.5, 0.6) is 0 Å². The van der Waals surface area contributed by atoms with Crippen LogP contribution in [0, 0.1) is 47.3 Å². The van der Waals surface area contributed by atoms with Gasteiger partial charge in [0.2, 0.25) is 0 Å². The number of rotatable bonds is 3. The summed E-state index contributed by atoms with van der Waals surface area (Å²) in [5.41, 5.74) is 17.8. The number of hydrogen-bond donors (Lipinski definition) is 2. The van der Waals surface area contributed by atoms with E-state index in [0.29, 0.717) is 10.5 Å². The second kappa shape index (κ2) is 20.2. The van der Waals surface area contributed by atoms with Crippen LogP contribution < -0.4 is 5.46 Å². The molecule has 8 fully saturated rings. The first kappa shape index (κ1) is 51.1. The largest absolute Gasteiger partial charge is 0.488 e. The Morgan fingerprint density at radius 2 is 0.603 bits per heavy atom. The van der Waals surface area contributed by atoms with Gasteiger partial charge in [0.1, 0.15) is 0 Å². The van der Waals surface area contributed by atoms with Crippen LogP contribution in [0.2, 0.25) is 25.1 Å². The molecule has 2 N–H and O–H groups in total. The van der Waals surface area contributed by atoms with Gasteiger partial charge >= 0.3 is 7.12 Å². The summed E-state index contributed by atoms with van der Waals surface area (Å²) in [7, 11) is -1.41. The fraction of sp³-hybridized carbons (Fsp3) is 0.354. The Hall–Kier alpha value is -4.03. The highest BCUT2D eigenvalue weighted by atomic mass is 35.5. The van der Waals surface area contributed by atoms with Gasteiger partial charge in [0.05, 0.1) is 0 Å². The maximum Gasteiger partial charge on any atom is 0.488 e. The number of halogens is 5. The predicted molar refractivity (Wildman–Crippen MR) is 310 cm³/mol. The minimum absolute atomic E-state index is 0. The molecule has 374 valence electrons. The van der Waals surface area contributed by atoms with Gasteiger partial charge in [-0.25, -0.2) is 0 Å². The molecule has 17 rings (SSSR count). The minimum atomic E-state index is -1.41. The molecule has 10 aliphatic carbocycles. The Kier molecular flexibility index (Phi) is 14.1. The molecule has 7 aromatic carbocycles. The maximum atomic E-state index is 8.63. The molecule has 8 heteroatoms. The summed E-state index contributed by atoms with van der Waals surface area (Å²) in [6.45, 7) is 4.00. The monoisotopic (exact) mass is 1060 g/mol. The molecular formula is C65H64BCl5O2. The third-order valence-electron chi connectivity index (χ3n) is 18.7. The van der Waals surface area contributed by atoms with Crippen molar-refractivity contribution in [3.05, 3.63) is 193 Å². The second-order valence-corrected chi connectivity index (χ2v) is 24.4. The van der Waals surface area contributed by atoms with Crippen molar-refractivity contribution < 1.29 is 10.0 Å². The van der Waals surface area contributed by atoms with Gasteiger partial charge in [-0.15, -0.1) is 0 Å². The fourth-order valence-electron chi connectivity index (χ4n) is 16.6. The third-order valence-corrected chi connectivity index (χ3v) is 20.0. The van der Waals surface area contributed by atoms with Crippen molar-refractivity contribution in [1.82, 2.24) is 0 Å². The van der Waals surface area contributed by atoms with Gasteiger partial charge in [-0.05, 0) is 257 Å². The average Bonchev–Trinajstić information content (AvgIpc) is 3.83. The molecule has 7 aromatic rings. The number of hydrogen-bond acceptors (Lipinski definition) is 2. The van der Waals surface area contributed by atoms with Gasteiger partial charge < -0.3 is 10.0 Å². The van der Waals surface area contributed by atoms with Gasteiger partial charge in [0.25, 0.3) is 0 Å². The van der Waals surface area contributed by atoms with E-state index in [1.165, 1.54) is 120 Å². The van der Waals surface area contributed by atoms with Gasteiger partial charge in [0, 0.05) is 35.9 Å². The molecule has 0 aromatic heterocycles. The zero-order valence-electron chi connectivity index (χ0n) is 40.9. The van der Waals surface area contributed by atoms with E-state index >= 15 is 0 Å². The molecule has 0 heterocycles. The highest BCUT2D eigenvalue weighted by molar-refractivity contribution is 6.58. The smallest absolute Gasteiger partial charge is 0.423 e. The van der Waals surface area contributed by atoms with Gasteiger partial charge in [-0.3, -0.25) is 0 Å². The molecule has 2 spiro atoms. The summed E-state index contributed by atoms with van der Waals surface area (Å²) < 4.78 is 0.